The average Bonchev–Trinajstić information content (AvgIpc) is 2.51. The molecule has 0 rings (SSSR count). The summed E-state index contributed by atoms with van der Waals surface area (Å²) in [5, 5.41) is 14.9. The monoisotopic (exact) mass is 482 g/mol. The van der Waals surface area contributed by atoms with Crippen LogP contribution in [0.5, 0.6) is 0 Å². The fourth-order valence-corrected chi connectivity index (χ4v) is 3.13. The van der Waals surface area contributed by atoms with Crippen molar-refractivity contribution in [3.8, 4) is 0 Å². The Morgan fingerprint density at radius 3 is 1.90 bits per heavy atom. The zero-order valence-electron chi connectivity index (χ0n) is 18.3. The number of carboxylic acid groups (broad SMARTS) is 1. The van der Waals surface area contributed by atoms with Crippen molar-refractivity contribution in [3.63, 3.8) is 0 Å². The molecule has 0 aromatic carbocycles. The first-order valence-electron chi connectivity index (χ1n) is 9.38. The van der Waals surface area contributed by atoms with Crippen LogP contribution in [0.4, 0.5) is 4.79 Å². The second-order valence-electron chi connectivity index (χ2n) is 8.50. The van der Waals surface area contributed by atoms with Crippen molar-refractivity contribution in [2.75, 3.05) is 0 Å². The van der Waals surface area contributed by atoms with Crippen molar-refractivity contribution >= 4 is 38.9 Å². The van der Waals surface area contributed by atoms with E-state index in [0.29, 0.717) is 11.7 Å². The Kier molecular flexibility index (Phi) is 11.3. The second-order valence-corrected chi connectivity index (χ2v) is 10.6. The average molecular weight is 481 g/mol. The molecule has 0 spiro atoms. The maximum absolute atomic E-state index is 12.6. The summed E-state index contributed by atoms with van der Waals surface area (Å²) in [6.07, 6.45) is -0.709. The van der Waals surface area contributed by atoms with Crippen LogP contribution in [0.2, 0.25) is 11.1 Å². The summed E-state index contributed by atoms with van der Waals surface area (Å²) in [5.41, 5.74) is -1.45. The summed E-state index contributed by atoms with van der Waals surface area (Å²) in [6.45, 7) is 10.2. The van der Waals surface area contributed by atoms with Crippen molar-refractivity contribution < 1.29 is 33.8 Å². The van der Waals surface area contributed by atoms with Gasteiger partial charge in [0.15, 0.2) is 0 Å². The molecule has 2 atom stereocenters. The van der Waals surface area contributed by atoms with Gasteiger partial charge >= 0.3 is 179 Å². The molecule has 29 heavy (non-hydrogen) atoms. The van der Waals surface area contributed by atoms with Gasteiger partial charge in [-0.3, -0.25) is 0 Å². The van der Waals surface area contributed by atoms with Crippen LogP contribution in [0.3, 0.4) is 0 Å². The fourth-order valence-electron chi connectivity index (χ4n) is 2.14. The first-order chi connectivity index (χ1) is 13.1. The van der Waals surface area contributed by atoms with Crippen molar-refractivity contribution in [1.29, 1.82) is 0 Å². The fraction of sp³-hybridized carbons (Fsp3) is 0.789. The third-order valence-electron chi connectivity index (χ3n) is 3.29. The zero-order valence-corrected chi connectivity index (χ0v) is 20.0. The van der Waals surface area contributed by atoms with E-state index in [1.807, 2.05) is 5.82 Å². The summed E-state index contributed by atoms with van der Waals surface area (Å²) >= 11 is 0.267. The molecule has 0 unspecified atom stereocenters. The number of carbonyl (C=O) groups excluding carboxylic acids is 3. The molecule has 0 bridgehead atoms. The Bertz CT molecular complexity index is 582. The van der Waals surface area contributed by atoms with E-state index < -0.39 is 47.2 Å². The number of alkyl carbamates (subject to hydrolysis) is 1. The number of amides is 2. The summed E-state index contributed by atoms with van der Waals surface area (Å²) in [4.78, 5) is 48.1. The maximum atomic E-state index is 12.6. The van der Waals surface area contributed by atoms with Gasteiger partial charge in [-0.25, -0.2) is 0 Å². The Balaban J connectivity index is 5.17. The molecule has 0 saturated heterocycles. The van der Waals surface area contributed by atoms with Gasteiger partial charge in [-0.2, -0.15) is 0 Å². The van der Waals surface area contributed by atoms with Crippen LogP contribution in [0.25, 0.3) is 0 Å². The topological polar surface area (TPSA) is 131 Å². The van der Waals surface area contributed by atoms with Gasteiger partial charge in [0.1, 0.15) is 0 Å². The molecule has 10 heteroatoms. The minimum atomic E-state index is -1.15. The Labute approximate surface area is 178 Å². The predicted octanol–water partition coefficient (Wildman–Crippen LogP) is 2.13. The van der Waals surface area contributed by atoms with Crippen LogP contribution in [0.15, 0.2) is 0 Å². The van der Waals surface area contributed by atoms with Gasteiger partial charge in [-0.15, -0.1) is 0 Å². The molecular formula is C19H34N2O7Se. The number of rotatable bonds is 10. The molecule has 0 aromatic rings. The van der Waals surface area contributed by atoms with Gasteiger partial charge < -0.3 is 0 Å². The van der Waals surface area contributed by atoms with Crippen molar-refractivity contribution in [3.05, 3.63) is 0 Å². The molecule has 0 aliphatic rings. The third kappa shape index (κ3) is 13.9. The molecule has 0 fully saturated rings. The van der Waals surface area contributed by atoms with Crippen LogP contribution in [0, 0.1) is 0 Å². The Morgan fingerprint density at radius 1 is 0.897 bits per heavy atom. The third-order valence-corrected chi connectivity index (χ3v) is 4.64. The number of ether oxygens (including phenoxy) is 2. The molecule has 3 N–H and O–H groups in total. The van der Waals surface area contributed by atoms with E-state index in [2.05, 4.69) is 10.6 Å². The first kappa shape index (κ1) is 27.2. The molecule has 0 aliphatic heterocycles. The van der Waals surface area contributed by atoms with E-state index in [1.54, 1.807) is 41.5 Å². The first-order valence-corrected chi connectivity index (χ1v) is 12.3. The van der Waals surface area contributed by atoms with E-state index in [0.717, 1.165) is 0 Å². The molecule has 0 aliphatic carbocycles. The van der Waals surface area contributed by atoms with Crippen LogP contribution in [-0.4, -0.2) is 67.3 Å². The molecule has 2 amide bonds. The van der Waals surface area contributed by atoms with E-state index in [4.69, 9.17) is 9.47 Å². The molecule has 0 saturated carbocycles. The van der Waals surface area contributed by atoms with E-state index in [1.165, 1.54) is 0 Å². The molecule has 0 heterocycles. The molecule has 168 valence electrons. The molecule has 0 aromatic heterocycles. The van der Waals surface area contributed by atoms with Crippen LogP contribution < -0.4 is 10.6 Å². The molecule has 0 radical (unpaired) electrons. The molecule has 9 nitrogen and oxygen atoms in total. The number of hydrogen-bond acceptors (Lipinski definition) is 6. The van der Waals surface area contributed by atoms with Crippen LogP contribution in [-0.2, 0) is 23.9 Å². The number of aliphatic carboxylic acids is 1. The minimum absolute atomic E-state index is 0.0515. The summed E-state index contributed by atoms with van der Waals surface area (Å²) in [5.74, 6) is -0.382. The standard InChI is InChI=1S/C19H34N2O7Se/c1-18(2,3)27-14(22)9-8-12(21-17(26)28-19(4,5)6)15(23)20-13(16(24)25)10-11-29-7/h12-13H,8-11H2,1-7H3,(H,20,23)(H,21,26)(H,24,25)/t12-,13-/m0/s1. The van der Waals surface area contributed by atoms with E-state index >= 15 is 0 Å². The Morgan fingerprint density at radius 2 is 1.45 bits per heavy atom. The SMILES string of the molecule is C[Se]CC[C@H](NC(=O)[C@H](CCC(=O)OC(C)(C)C)NC(=O)OC(C)(C)C)C(=O)O. The molecular weight excluding hydrogens is 447 g/mol. The normalized spacial score (nSPS) is 13.8. The van der Waals surface area contributed by atoms with Gasteiger partial charge in [-0.05, 0) is 0 Å². The van der Waals surface area contributed by atoms with Crippen molar-refractivity contribution in [2.24, 2.45) is 0 Å². The zero-order chi connectivity index (χ0) is 22.8. The number of nitrogens with one attached hydrogen (secondary N) is 2. The number of hydrogen-bond donors (Lipinski definition) is 3. The number of esters is 1. The van der Waals surface area contributed by atoms with E-state index in [9.17, 15) is 24.3 Å². The summed E-state index contributed by atoms with van der Waals surface area (Å²) in [6, 6.07) is -2.19. The quantitative estimate of drug-likeness (QED) is 0.322. The van der Waals surface area contributed by atoms with Gasteiger partial charge in [0, 0.05) is 0 Å². The van der Waals surface area contributed by atoms with Gasteiger partial charge in [0.05, 0.1) is 0 Å². The van der Waals surface area contributed by atoms with Crippen molar-refractivity contribution in [2.45, 2.75) is 95.2 Å². The van der Waals surface area contributed by atoms with Crippen molar-refractivity contribution in [1.82, 2.24) is 10.6 Å². The van der Waals surface area contributed by atoms with Crippen LogP contribution >= 0.6 is 0 Å². The van der Waals surface area contributed by atoms with Crippen LogP contribution in [0.1, 0.15) is 60.8 Å². The number of carboxylic acids is 1. The number of carbonyl (C=O) groups is 4. The van der Waals surface area contributed by atoms with Gasteiger partial charge in [0.25, 0.3) is 0 Å². The summed E-state index contributed by atoms with van der Waals surface area (Å²) in [7, 11) is 0. The Hall–Kier alpha value is -1.80. The summed E-state index contributed by atoms with van der Waals surface area (Å²) < 4.78 is 10.4. The van der Waals surface area contributed by atoms with E-state index in [-0.39, 0.29) is 27.8 Å². The second kappa shape index (κ2) is 12.0. The van der Waals surface area contributed by atoms with Gasteiger partial charge in [-0.1, -0.05) is 0 Å². The predicted molar refractivity (Wildman–Crippen MR) is 109 cm³/mol. The van der Waals surface area contributed by atoms with Gasteiger partial charge in [0.2, 0.25) is 0 Å².